The molecule has 0 bridgehead atoms. The van der Waals surface area contributed by atoms with Crippen LogP contribution in [0.4, 0.5) is 0 Å². The van der Waals surface area contributed by atoms with Crippen molar-refractivity contribution in [2.45, 2.75) is 6.10 Å². The number of ketones is 1. The summed E-state index contributed by atoms with van der Waals surface area (Å²) in [6.45, 7) is 0.492. The summed E-state index contributed by atoms with van der Waals surface area (Å²) in [6, 6.07) is 3.28. The first-order valence-electron chi connectivity index (χ1n) is 5.68. The van der Waals surface area contributed by atoms with Crippen LogP contribution < -0.4 is 5.32 Å². The van der Waals surface area contributed by atoms with Gasteiger partial charge in [-0.05, 0) is 26.2 Å². The number of hydrogen-bond acceptors (Lipinski definition) is 4. The third-order valence-corrected chi connectivity index (χ3v) is 2.46. The Morgan fingerprint density at radius 1 is 1.50 bits per heavy atom. The highest BCUT2D eigenvalue weighted by Gasteiger charge is 2.19. The topological polar surface area (TPSA) is 74.6 Å². The summed E-state index contributed by atoms with van der Waals surface area (Å²) in [7, 11) is 5.34. The van der Waals surface area contributed by atoms with Crippen LogP contribution in [0.2, 0.25) is 0 Å². The Labute approximate surface area is 106 Å². The predicted octanol–water partition coefficient (Wildman–Crippen LogP) is -0.753. The van der Waals surface area contributed by atoms with Crippen molar-refractivity contribution >= 4 is 11.7 Å². The van der Waals surface area contributed by atoms with E-state index in [2.05, 4.69) is 5.32 Å². The molecular weight excluding hydrogens is 234 g/mol. The van der Waals surface area contributed by atoms with E-state index >= 15 is 0 Å². The second-order valence-corrected chi connectivity index (χ2v) is 4.46. The highest BCUT2D eigenvalue weighted by molar-refractivity contribution is 6.42. The zero-order chi connectivity index (χ0) is 13.7. The molecule has 0 aliphatic carbocycles. The van der Waals surface area contributed by atoms with Crippen LogP contribution in [0.15, 0.2) is 18.3 Å². The lowest BCUT2D eigenvalue weighted by atomic mass is 10.2. The van der Waals surface area contributed by atoms with Crippen molar-refractivity contribution in [3.05, 3.63) is 24.0 Å². The second-order valence-electron chi connectivity index (χ2n) is 4.46. The van der Waals surface area contributed by atoms with Crippen LogP contribution in [0.5, 0.6) is 0 Å². The molecule has 1 aromatic rings. The number of aryl methyl sites for hydroxylation is 1. The molecule has 0 unspecified atom stereocenters. The van der Waals surface area contributed by atoms with Gasteiger partial charge in [-0.1, -0.05) is 0 Å². The minimum Gasteiger partial charge on any atom is -0.390 e. The fourth-order valence-corrected chi connectivity index (χ4v) is 1.59. The Balaban J connectivity index is 2.47. The first-order valence-corrected chi connectivity index (χ1v) is 5.68. The standard InChI is InChI=1S/C12H19N3O3/c1-14(2)8-9(16)7-13-12(18)11(17)10-5-4-6-15(10)3/h4-6,9,16H,7-8H2,1-3H3,(H,13,18)/t9-/m0/s1. The molecule has 0 radical (unpaired) electrons. The van der Waals surface area contributed by atoms with Crippen LogP contribution in [0.1, 0.15) is 10.5 Å². The molecule has 0 aromatic carbocycles. The van der Waals surface area contributed by atoms with E-state index in [0.29, 0.717) is 12.2 Å². The number of Topliss-reactive ketones (excluding diaryl/α,β-unsaturated/α-hetero) is 1. The lowest BCUT2D eigenvalue weighted by Crippen LogP contribution is -2.40. The number of likely N-dealkylation sites (N-methyl/N-ethyl adjacent to an activating group) is 1. The average molecular weight is 253 g/mol. The highest BCUT2D eigenvalue weighted by atomic mass is 16.3. The highest BCUT2D eigenvalue weighted by Crippen LogP contribution is 2.00. The number of hydrogen-bond donors (Lipinski definition) is 2. The number of aromatic nitrogens is 1. The Morgan fingerprint density at radius 3 is 2.67 bits per heavy atom. The van der Waals surface area contributed by atoms with Crippen molar-refractivity contribution in [2.75, 3.05) is 27.2 Å². The van der Waals surface area contributed by atoms with Crippen LogP contribution in [0.25, 0.3) is 0 Å². The first-order chi connectivity index (χ1) is 8.41. The minimum absolute atomic E-state index is 0.0627. The molecule has 6 nitrogen and oxygen atoms in total. The van der Waals surface area contributed by atoms with E-state index in [1.807, 2.05) is 14.1 Å². The van der Waals surface area contributed by atoms with E-state index < -0.39 is 17.8 Å². The molecule has 1 atom stereocenters. The molecule has 18 heavy (non-hydrogen) atoms. The molecule has 1 rings (SSSR count). The summed E-state index contributed by atoms with van der Waals surface area (Å²) in [4.78, 5) is 25.1. The maximum atomic E-state index is 11.7. The number of aliphatic hydroxyl groups is 1. The molecule has 100 valence electrons. The molecule has 0 fully saturated rings. The Bertz CT molecular complexity index is 426. The summed E-state index contributed by atoms with van der Waals surface area (Å²) >= 11 is 0. The molecule has 0 aliphatic heterocycles. The van der Waals surface area contributed by atoms with Gasteiger partial charge in [-0.25, -0.2) is 0 Å². The normalized spacial score (nSPS) is 12.5. The van der Waals surface area contributed by atoms with E-state index in [9.17, 15) is 14.7 Å². The van der Waals surface area contributed by atoms with Crippen LogP contribution in [0.3, 0.4) is 0 Å². The van der Waals surface area contributed by atoms with Gasteiger partial charge in [-0.15, -0.1) is 0 Å². The number of aliphatic hydroxyl groups excluding tert-OH is 1. The summed E-state index contributed by atoms with van der Waals surface area (Å²) < 4.78 is 1.58. The Kier molecular flexibility index (Phi) is 5.06. The maximum absolute atomic E-state index is 11.7. The quantitative estimate of drug-likeness (QED) is 0.516. The Morgan fingerprint density at radius 2 is 2.17 bits per heavy atom. The number of carbonyl (C=O) groups is 2. The molecule has 1 heterocycles. The van der Waals surface area contributed by atoms with Gasteiger partial charge in [-0.3, -0.25) is 9.59 Å². The zero-order valence-corrected chi connectivity index (χ0v) is 10.9. The van der Waals surface area contributed by atoms with Gasteiger partial charge in [-0.2, -0.15) is 0 Å². The minimum atomic E-state index is -0.699. The number of amides is 1. The SMILES string of the molecule is CN(C)C[C@@H](O)CNC(=O)C(=O)c1cccn1C. The second kappa shape index (κ2) is 6.32. The van der Waals surface area contributed by atoms with E-state index in [1.165, 1.54) is 0 Å². The van der Waals surface area contributed by atoms with Crippen LogP contribution in [-0.2, 0) is 11.8 Å². The van der Waals surface area contributed by atoms with E-state index in [-0.39, 0.29) is 6.54 Å². The van der Waals surface area contributed by atoms with Crippen molar-refractivity contribution < 1.29 is 14.7 Å². The van der Waals surface area contributed by atoms with E-state index in [0.717, 1.165) is 0 Å². The molecular formula is C12H19N3O3. The molecule has 1 amide bonds. The third-order valence-electron chi connectivity index (χ3n) is 2.46. The van der Waals surface area contributed by atoms with Gasteiger partial charge in [0.1, 0.15) is 0 Å². The average Bonchev–Trinajstić information content (AvgIpc) is 2.70. The lowest BCUT2D eigenvalue weighted by molar-refractivity contribution is -0.117. The fraction of sp³-hybridized carbons (Fsp3) is 0.500. The van der Waals surface area contributed by atoms with Crippen molar-refractivity contribution in [2.24, 2.45) is 7.05 Å². The number of nitrogens with one attached hydrogen (secondary N) is 1. The van der Waals surface area contributed by atoms with Gasteiger partial charge in [0.05, 0.1) is 11.8 Å². The van der Waals surface area contributed by atoms with E-state index in [1.54, 1.807) is 34.8 Å². The fourth-order valence-electron chi connectivity index (χ4n) is 1.59. The lowest BCUT2D eigenvalue weighted by Gasteiger charge is -2.16. The molecule has 0 aliphatic rings. The third kappa shape index (κ3) is 3.97. The van der Waals surface area contributed by atoms with Crippen LogP contribution >= 0.6 is 0 Å². The maximum Gasteiger partial charge on any atom is 0.294 e. The van der Waals surface area contributed by atoms with Crippen molar-refractivity contribution in [1.82, 2.24) is 14.8 Å². The molecule has 1 aromatic heterocycles. The number of carbonyl (C=O) groups excluding carboxylic acids is 2. The van der Waals surface area contributed by atoms with E-state index in [4.69, 9.17) is 0 Å². The number of rotatable bonds is 6. The van der Waals surface area contributed by atoms with Gasteiger partial charge in [0.2, 0.25) is 0 Å². The molecule has 6 heteroatoms. The zero-order valence-electron chi connectivity index (χ0n) is 10.9. The van der Waals surface area contributed by atoms with Crippen molar-refractivity contribution in [1.29, 1.82) is 0 Å². The van der Waals surface area contributed by atoms with Gasteiger partial charge >= 0.3 is 0 Å². The predicted molar refractivity (Wildman–Crippen MR) is 67.3 cm³/mol. The van der Waals surface area contributed by atoms with Crippen molar-refractivity contribution in [3.63, 3.8) is 0 Å². The smallest absolute Gasteiger partial charge is 0.294 e. The molecule has 2 N–H and O–H groups in total. The van der Waals surface area contributed by atoms with Crippen LogP contribution in [0, 0.1) is 0 Å². The summed E-state index contributed by atoms with van der Waals surface area (Å²) in [5.41, 5.74) is 0.328. The van der Waals surface area contributed by atoms with Gasteiger partial charge in [0, 0.05) is 26.3 Å². The monoisotopic (exact) mass is 253 g/mol. The van der Waals surface area contributed by atoms with Gasteiger partial charge in [0.25, 0.3) is 11.7 Å². The molecule has 0 saturated carbocycles. The Hall–Kier alpha value is -1.66. The van der Waals surface area contributed by atoms with Gasteiger partial charge < -0.3 is 19.9 Å². The number of nitrogens with zero attached hydrogens (tertiary/aromatic N) is 2. The largest absolute Gasteiger partial charge is 0.390 e. The first kappa shape index (κ1) is 14.4. The van der Waals surface area contributed by atoms with Gasteiger partial charge in [0.15, 0.2) is 0 Å². The van der Waals surface area contributed by atoms with Crippen molar-refractivity contribution in [3.8, 4) is 0 Å². The summed E-state index contributed by atoms with van der Waals surface area (Å²) in [6.07, 6.45) is 1.01. The van der Waals surface area contributed by atoms with Crippen LogP contribution in [-0.4, -0.2) is 59.6 Å². The summed E-state index contributed by atoms with van der Waals surface area (Å²) in [5, 5.41) is 12.0. The molecule has 0 saturated heterocycles. The summed E-state index contributed by atoms with van der Waals surface area (Å²) in [5.74, 6) is -1.30. The molecule has 0 spiro atoms.